The number of nitrogens with two attached hydrogens (primary N) is 1. The minimum Gasteiger partial charge on any atom is -0.326 e. The van der Waals surface area contributed by atoms with Crippen LogP contribution in [0.2, 0.25) is 0 Å². The van der Waals surface area contributed by atoms with Gasteiger partial charge in [-0.1, -0.05) is 6.07 Å². The number of aryl methyl sites for hydroxylation is 1. The molecule has 2 rings (SSSR count). The molecule has 5 heteroatoms. The molecule has 5 nitrogen and oxygen atoms in total. The first-order valence-electron chi connectivity index (χ1n) is 4.86. The molecule has 0 amide bonds. The molecule has 1 aromatic carbocycles. The van der Waals surface area contributed by atoms with E-state index in [0.29, 0.717) is 6.54 Å². The highest BCUT2D eigenvalue weighted by Gasteiger charge is 2.03. The Kier molecular flexibility index (Phi) is 2.66. The van der Waals surface area contributed by atoms with Crippen LogP contribution in [0.25, 0.3) is 5.69 Å². The van der Waals surface area contributed by atoms with Crippen molar-refractivity contribution in [2.45, 2.75) is 13.5 Å². The van der Waals surface area contributed by atoms with E-state index in [-0.39, 0.29) is 5.82 Å². The molecule has 2 aromatic rings. The summed E-state index contributed by atoms with van der Waals surface area (Å²) in [7, 11) is 0. The van der Waals surface area contributed by atoms with Gasteiger partial charge in [0.15, 0.2) is 0 Å². The standard InChI is InChI=1S/C11H11N5/c1-8-4-10(3-2-9(8)5-12)16-7-14-11(6-13)15-16/h2-4,7H,5,12H2,1H3. The molecule has 0 aliphatic carbocycles. The normalized spacial score (nSPS) is 10.1. The maximum Gasteiger partial charge on any atom is 0.252 e. The molecule has 0 aliphatic heterocycles. The van der Waals surface area contributed by atoms with Crippen molar-refractivity contribution < 1.29 is 0 Å². The number of nitriles is 1. The Hall–Kier alpha value is -2.19. The maximum absolute atomic E-state index is 8.63. The molecule has 0 bridgehead atoms. The van der Waals surface area contributed by atoms with Crippen molar-refractivity contribution in [3.05, 3.63) is 41.5 Å². The molecule has 0 saturated heterocycles. The van der Waals surface area contributed by atoms with Crippen LogP contribution in [0.1, 0.15) is 17.0 Å². The third kappa shape index (κ3) is 1.78. The van der Waals surface area contributed by atoms with Crippen molar-refractivity contribution in [2.24, 2.45) is 5.73 Å². The van der Waals surface area contributed by atoms with Gasteiger partial charge in [0, 0.05) is 6.54 Å². The Morgan fingerprint density at radius 3 is 2.88 bits per heavy atom. The Morgan fingerprint density at radius 2 is 2.31 bits per heavy atom. The molecule has 0 spiro atoms. The van der Waals surface area contributed by atoms with Gasteiger partial charge < -0.3 is 5.73 Å². The summed E-state index contributed by atoms with van der Waals surface area (Å²) in [5, 5.41) is 12.6. The van der Waals surface area contributed by atoms with E-state index in [9.17, 15) is 0 Å². The van der Waals surface area contributed by atoms with Crippen LogP contribution in [-0.2, 0) is 6.54 Å². The first-order chi connectivity index (χ1) is 7.74. The molecule has 1 aromatic heterocycles. The number of rotatable bonds is 2. The van der Waals surface area contributed by atoms with Crippen molar-refractivity contribution in [3.8, 4) is 11.8 Å². The van der Waals surface area contributed by atoms with Crippen molar-refractivity contribution in [1.82, 2.24) is 14.8 Å². The summed E-state index contributed by atoms with van der Waals surface area (Å²) in [6.45, 7) is 2.51. The summed E-state index contributed by atoms with van der Waals surface area (Å²) in [6, 6.07) is 7.73. The van der Waals surface area contributed by atoms with E-state index in [4.69, 9.17) is 11.0 Å². The van der Waals surface area contributed by atoms with E-state index < -0.39 is 0 Å². The average molecular weight is 213 g/mol. The predicted octanol–water partition coefficient (Wildman–Crippen LogP) is 0.906. The summed E-state index contributed by atoms with van der Waals surface area (Å²) >= 11 is 0. The minimum absolute atomic E-state index is 0.167. The summed E-state index contributed by atoms with van der Waals surface area (Å²) in [6.07, 6.45) is 1.52. The van der Waals surface area contributed by atoms with Crippen LogP contribution in [0.3, 0.4) is 0 Å². The van der Waals surface area contributed by atoms with Gasteiger partial charge in [0.05, 0.1) is 5.69 Å². The molecular weight excluding hydrogens is 202 g/mol. The minimum atomic E-state index is 0.167. The fraction of sp³-hybridized carbons (Fsp3) is 0.182. The quantitative estimate of drug-likeness (QED) is 0.803. The molecule has 0 atom stereocenters. The average Bonchev–Trinajstić information content (AvgIpc) is 2.77. The predicted molar refractivity (Wildman–Crippen MR) is 58.7 cm³/mol. The van der Waals surface area contributed by atoms with Crippen LogP contribution < -0.4 is 5.73 Å². The molecule has 0 saturated carbocycles. The van der Waals surface area contributed by atoms with E-state index in [1.54, 1.807) is 4.68 Å². The highest BCUT2D eigenvalue weighted by molar-refractivity contribution is 5.39. The molecule has 2 N–H and O–H groups in total. The second-order valence-corrected chi connectivity index (χ2v) is 3.44. The highest BCUT2D eigenvalue weighted by Crippen LogP contribution is 2.13. The van der Waals surface area contributed by atoms with Crippen LogP contribution >= 0.6 is 0 Å². The maximum atomic E-state index is 8.63. The second-order valence-electron chi connectivity index (χ2n) is 3.44. The van der Waals surface area contributed by atoms with Gasteiger partial charge in [-0.05, 0) is 30.2 Å². The van der Waals surface area contributed by atoms with Gasteiger partial charge >= 0.3 is 0 Å². The van der Waals surface area contributed by atoms with Gasteiger partial charge in [-0.15, -0.1) is 5.10 Å². The Labute approximate surface area is 93.1 Å². The van der Waals surface area contributed by atoms with E-state index in [1.165, 1.54) is 6.33 Å². The van der Waals surface area contributed by atoms with E-state index in [2.05, 4.69) is 10.1 Å². The number of hydrogen-bond acceptors (Lipinski definition) is 4. The Morgan fingerprint density at radius 1 is 1.50 bits per heavy atom. The number of nitrogens with zero attached hydrogens (tertiary/aromatic N) is 4. The topological polar surface area (TPSA) is 80.5 Å². The zero-order chi connectivity index (χ0) is 11.5. The molecule has 0 unspecified atom stereocenters. The van der Waals surface area contributed by atoms with E-state index >= 15 is 0 Å². The van der Waals surface area contributed by atoms with Crippen molar-refractivity contribution in [3.63, 3.8) is 0 Å². The number of hydrogen-bond donors (Lipinski definition) is 1. The van der Waals surface area contributed by atoms with Crippen LogP contribution in [0, 0.1) is 18.3 Å². The lowest BCUT2D eigenvalue weighted by molar-refractivity contribution is 0.868. The lowest BCUT2D eigenvalue weighted by Gasteiger charge is -2.05. The zero-order valence-electron chi connectivity index (χ0n) is 8.88. The lowest BCUT2D eigenvalue weighted by Crippen LogP contribution is -2.01. The van der Waals surface area contributed by atoms with Crippen LogP contribution in [0.4, 0.5) is 0 Å². The monoisotopic (exact) mass is 213 g/mol. The van der Waals surface area contributed by atoms with E-state index in [1.807, 2.05) is 31.2 Å². The Bertz CT molecular complexity index is 550. The lowest BCUT2D eigenvalue weighted by atomic mass is 10.1. The van der Waals surface area contributed by atoms with Gasteiger partial charge in [-0.2, -0.15) is 5.26 Å². The third-order valence-electron chi connectivity index (χ3n) is 2.40. The van der Waals surface area contributed by atoms with Gasteiger partial charge in [-0.3, -0.25) is 0 Å². The van der Waals surface area contributed by atoms with Crippen LogP contribution in [-0.4, -0.2) is 14.8 Å². The van der Waals surface area contributed by atoms with Crippen molar-refractivity contribution >= 4 is 0 Å². The molecule has 0 fully saturated rings. The van der Waals surface area contributed by atoms with Gasteiger partial charge in [-0.25, -0.2) is 9.67 Å². The number of benzene rings is 1. The van der Waals surface area contributed by atoms with Crippen LogP contribution in [0.5, 0.6) is 0 Å². The van der Waals surface area contributed by atoms with Crippen LogP contribution in [0.15, 0.2) is 24.5 Å². The molecular formula is C11H11N5. The Balaban J connectivity index is 2.42. The van der Waals surface area contributed by atoms with Crippen molar-refractivity contribution in [1.29, 1.82) is 5.26 Å². The fourth-order valence-electron chi connectivity index (χ4n) is 1.49. The first-order valence-corrected chi connectivity index (χ1v) is 4.86. The SMILES string of the molecule is Cc1cc(-n2cnc(C#N)n2)ccc1CN. The fourth-order valence-corrected chi connectivity index (χ4v) is 1.49. The summed E-state index contributed by atoms with van der Waals surface area (Å²) < 4.78 is 1.58. The highest BCUT2D eigenvalue weighted by atomic mass is 15.3. The van der Waals surface area contributed by atoms with Gasteiger partial charge in [0.1, 0.15) is 12.4 Å². The van der Waals surface area contributed by atoms with Crippen molar-refractivity contribution in [2.75, 3.05) is 0 Å². The summed E-state index contributed by atoms with van der Waals surface area (Å²) in [5.41, 5.74) is 8.67. The molecule has 16 heavy (non-hydrogen) atoms. The molecule has 0 aliphatic rings. The zero-order valence-corrected chi connectivity index (χ0v) is 8.88. The summed E-state index contributed by atoms with van der Waals surface area (Å²) in [5.74, 6) is 0.167. The largest absolute Gasteiger partial charge is 0.326 e. The molecule has 80 valence electrons. The third-order valence-corrected chi connectivity index (χ3v) is 2.40. The van der Waals surface area contributed by atoms with Gasteiger partial charge in [0.25, 0.3) is 5.82 Å². The second kappa shape index (κ2) is 4.13. The smallest absolute Gasteiger partial charge is 0.252 e. The first kappa shape index (κ1) is 10.3. The van der Waals surface area contributed by atoms with E-state index in [0.717, 1.165) is 16.8 Å². The van der Waals surface area contributed by atoms with Gasteiger partial charge in [0.2, 0.25) is 0 Å². The summed E-state index contributed by atoms with van der Waals surface area (Å²) in [4.78, 5) is 3.85. The number of aromatic nitrogens is 3. The molecule has 1 heterocycles. The molecule has 0 radical (unpaired) electrons.